The monoisotopic (exact) mass is 236 g/mol. The van der Waals surface area contributed by atoms with E-state index >= 15 is 0 Å². The van der Waals surface area contributed by atoms with E-state index in [2.05, 4.69) is 43.8 Å². The van der Waals surface area contributed by atoms with Gasteiger partial charge in [0.05, 0.1) is 12.2 Å². The quantitative estimate of drug-likeness (QED) is 0.873. The molecule has 1 aromatic heterocycles. The summed E-state index contributed by atoms with van der Waals surface area (Å²) in [5, 5.41) is 0. The summed E-state index contributed by atoms with van der Waals surface area (Å²) in [5.41, 5.74) is 7.36. The van der Waals surface area contributed by atoms with Crippen LogP contribution in [-0.2, 0) is 11.3 Å². The third-order valence-electron chi connectivity index (χ3n) is 3.61. The van der Waals surface area contributed by atoms with Gasteiger partial charge in [0.2, 0.25) is 0 Å². The average molecular weight is 236 g/mol. The second kappa shape index (κ2) is 5.23. The van der Waals surface area contributed by atoms with Crippen LogP contribution in [-0.4, -0.2) is 16.8 Å². The van der Waals surface area contributed by atoms with Crippen molar-refractivity contribution in [2.75, 3.05) is 0 Å². The standard InChI is InChI=1S/C14H24N2O/c1-10(2)14(15)12-6-7-16(8-12)9-13-5-4-11(3)17-13/h6-8,10-11,13-14H,4-5,9,15H2,1-3H3. The van der Waals surface area contributed by atoms with Gasteiger partial charge in [0, 0.05) is 25.0 Å². The van der Waals surface area contributed by atoms with Gasteiger partial charge in [-0.2, -0.15) is 0 Å². The molecule has 1 aliphatic heterocycles. The van der Waals surface area contributed by atoms with E-state index in [0.717, 1.165) is 6.54 Å². The highest BCUT2D eigenvalue weighted by atomic mass is 16.5. The van der Waals surface area contributed by atoms with E-state index in [0.29, 0.717) is 18.1 Å². The van der Waals surface area contributed by atoms with Gasteiger partial charge >= 0.3 is 0 Å². The molecule has 3 atom stereocenters. The van der Waals surface area contributed by atoms with Gasteiger partial charge in [-0.25, -0.2) is 0 Å². The summed E-state index contributed by atoms with van der Waals surface area (Å²) in [4.78, 5) is 0. The molecule has 3 heteroatoms. The second-order valence-electron chi connectivity index (χ2n) is 5.56. The average Bonchev–Trinajstić information content (AvgIpc) is 2.87. The van der Waals surface area contributed by atoms with E-state index in [4.69, 9.17) is 10.5 Å². The van der Waals surface area contributed by atoms with E-state index in [1.807, 2.05) is 0 Å². The maximum Gasteiger partial charge on any atom is 0.0758 e. The molecular formula is C14H24N2O. The van der Waals surface area contributed by atoms with Crippen molar-refractivity contribution in [3.05, 3.63) is 24.0 Å². The molecule has 0 aliphatic carbocycles. The van der Waals surface area contributed by atoms with E-state index in [9.17, 15) is 0 Å². The van der Waals surface area contributed by atoms with Crippen molar-refractivity contribution in [2.45, 2.75) is 58.4 Å². The Bertz CT molecular complexity index is 359. The van der Waals surface area contributed by atoms with Crippen LogP contribution in [0.3, 0.4) is 0 Å². The first kappa shape index (κ1) is 12.7. The lowest BCUT2D eigenvalue weighted by Crippen LogP contribution is -2.17. The first-order valence-electron chi connectivity index (χ1n) is 6.63. The van der Waals surface area contributed by atoms with Gasteiger partial charge in [0.15, 0.2) is 0 Å². The Morgan fingerprint density at radius 3 is 2.82 bits per heavy atom. The Balaban J connectivity index is 1.94. The number of aromatic nitrogens is 1. The normalized spacial score (nSPS) is 26.6. The molecule has 1 aliphatic rings. The second-order valence-corrected chi connectivity index (χ2v) is 5.56. The van der Waals surface area contributed by atoms with Gasteiger partial charge in [-0.15, -0.1) is 0 Å². The molecule has 2 heterocycles. The zero-order valence-electron chi connectivity index (χ0n) is 11.1. The SMILES string of the molecule is CC1CCC(Cn2ccc(C(N)C(C)C)c2)O1. The van der Waals surface area contributed by atoms with Crippen molar-refractivity contribution in [3.8, 4) is 0 Å². The number of nitrogens with zero attached hydrogens (tertiary/aromatic N) is 1. The summed E-state index contributed by atoms with van der Waals surface area (Å²) < 4.78 is 8.04. The van der Waals surface area contributed by atoms with Crippen LogP contribution >= 0.6 is 0 Å². The van der Waals surface area contributed by atoms with E-state index in [1.54, 1.807) is 0 Å². The minimum atomic E-state index is 0.139. The first-order valence-corrected chi connectivity index (χ1v) is 6.63. The van der Waals surface area contributed by atoms with Gasteiger partial charge in [-0.1, -0.05) is 13.8 Å². The van der Waals surface area contributed by atoms with Gasteiger partial charge in [-0.3, -0.25) is 0 Å². The molecule has 0 amide bonds. The maximum absolute atomic E-state index is 6.14. The zero-order chi connectivity index (χ0) is 12.4. The van der Waals surface area contributed by atoms with Crippen LogP contribution in [0.15, 0.2) is 18.5 Å². The van der Waals surface area contributed by atoms with Crippen LogP contribution in [0.4, 0.5) is 0 Å². The zero-order valence-corrected chi connectivity index (χ0v) is 11.1. The van der Waals surface area contributed by atoms with Crippen molar-refractivity contribution >= 4 is 0 Å². The largest absolute Gasteiger partial charge is 0.373 e. The minimum absolute atomic E-state index is 0.139. The van der Waals surface area contributed by atoms with Crippen molar-refractivity contribution in [1.82, 2.24) is 4.57 Å². The van der Waals surface area contributed by atoms with Crippen molar-refractivity contribution in [3.63, 3.8) is 0 Å². The number of nitrogens with two attached hydrogens (primary N) is 1. The molecule has 96 valence electrons. The molecule has 3 nitrogen and oxygen atoms in total. The third-order valence-corrected chi connectivity index (χ3v) is 3.61. The molecule has 0 bridgehead atoms. The molecule has 0 radical (unpaired) electrons. The molecule has 0 aromatic carbocycles. The molecule has 2 N–H and O–H groups in total. The van der Waals surface area contributed by atoms with E-state index < -0.39 is 0 Å². The molecule has 1 fully saturated rings. The molecule has 1 saturated heterocycles. The van der Waals surface area contributed by atoms with Crippen LogP contribution in [0, 0.1) is 5.92 Å². The maximum atomic E-state index is 6.14. The van der Waals surface area contributed by atoms with Crippen LogP contribution in [0.5, 0.6) is 0 Å². The smallest absolute Gasteiger partial charge is 0.0758 e. The highest BCUT2D eigenvalue weighted by Crippen LogP contribution is 2.22. The Morgan fingerprint density at radius 2 is 2.24 bits per heavy atom. The fraction of sp³-hybridized carbons (Fsp3) is 0.714. The fourth-order valence-electron chi connectivity index (χ4n) is 2.41. The van der Waals surface area contributed by atoms with Crippen molar-refractivity contribution < 1.29 is 4.74 Å². The Hall–Kier alpha value is -0.800. The van der Waals surface area contributed by atoms with Crippen molar-refractivity contribution in [1.29, 1.82) is 0 Å². The predicted molar refractivity (Wildman–Crippen MR) is 69.8 cm³/mol. The van der Waals surface area contributed by atoms with E-state index in [-0.39, 0.29) is 6.04 Å². The Morgan fingerprint density at radius 1 is 1.47 bits per heavy atom. The lowest BCUT2D eigenvalue weighted by molar-refractivity contribution is 0.0458. The molecule has 2 rings (SSSR count). The highest BCUT2D eigenvalue weighted by Gasteiger charge is 2.22. The van der Waals surface area contributed by atoms with Crippen LogP contribution < -0.4 is 5.73 Å². The Kier molecular flexibility index (Phi) is 3.89. The van der Waals surface area contributed by atoms with Gasteiger partial charge in [0.25, 0.3) is 0 Å². The Labute approximate surface area is 104 Å². The topological polar surface area (TPSA) is 40.2 Å². The predicted octanol–water partition coefficient (Wildman–Crippen LogP) is 2.71. The van der Waals surface area contributed by atoms with Crippen LogP contribution in [0.25, 0.3) is 0 Å². The molecule has 0 saturated carbocycles. The molecule has 3 unspecified atom stereocenters. The summed E-state index contributed by atoms with van der Waals surface area (Å²) >= 11 is 0. The molecular weight excluding hydrogens is 212 g/mol. The fourth-order valence-corrected chi connectivity index (χ4v) is 2.41. The summed E-state index contributed by atoms with van der Waals surface area (Å²) in [6.45, 7) is 7.42. The third kappa shape index (κ3) is 3.11. The molecule has 1 aromatic rings. The van der Waals surface area contributed by atoms with Gasteiger partial charge < -0.3 is 15.0 Å². The number of hydrogen-bond donors (Lipinski definition) is 1. The number of hydrogen-bond acceptors (Lipinski definition) is 2. The summed E-state index contributed by atoms with van der Waals surface area (Å²) in [7, 11) is 0. The molecule has 17 heavy (non-hydrogen) atoms. The van der Waals surface area contributed by atoms with Gasteiger partial charge in [-0.05, 0) is 37.3 Å². The highest BCUT2D eigenvalue weighted by molar-refractivity contribution is 5.15. The summed E-state index contributed by atoms with van der Waals surface area (Å²) in [6, 6.07) is 2.27. The van der Waals surface area contributed by atoms with Crippen LogP contribution in [0.1, 0.15) is 45.2 Å². The number of rotatable bonds is 4. The summed E-state index contributed by atoms with van der Waals surface area (Å²) in [6.07, 6.45) is 7.43. The lowest BCUT2D eigenvalue weighted by atomic mass is 10.00. The van der Waals surface area contributed by atoms with Crippen LogP contribution in [0.2, 0.25) is 0 Å². The number of ether oxygens (including phenoxy) is 1. The van der Waals surface area contributed by atoms with E-state index in [1.165, 1.54) is 18.4 Å². The van der Waals surface area contributed by atoms with Gasteiger partial charge in [0.1, 0.15) is 0 Å². The summed E-state index contributed by atoms with van der Waals surface area (Å²) in [5.74, 6) is 0.480. The first-order chi connectivity index (χ1) is 8.06. The minimum Gasteiger partial charge on any atom is -0.373 e. The molecule has 0 spiro atoms. The van der Waals surface area contributed by atoms with Crippen molar-refractivity contribution in [2.24, 2.45) is 11.7 Å². The lowest BCUT2D eigenvalue weighted by Gasteiger charge is -2.14.